The first kappa shape index (κ1) is 9.11. The molecule has 0 fully saturated rings. The van der Waals surface area contributed by atoms with E-state index in [1.807, 2.05) is 0 Å². The molecule has 0 radical (unpaired) electrons. The van der Waals surface area contributed by atoms with Gasteiger partial charge in [-0.3, -0.25) is 0 Å². The van der Waals surface area contributed by atoms with Crippen LogP contribution in [-0.4, -0.2) is 11.9 Å². The topological polar surface area (TPSA) is 67.2 Å². The normalized spacial score (nSPS) is 12.6. The highest BCUT2D eigenvalue weighted by molar-refractivity contribution is 6.04. The van der Waals surface area contributed by atoms with Gasteiger partial charge in [0, 0.05) is 18.2 Å². The van der Waals surface area contributed by atoms with Crippen molar-refractivity contribution in [2.75, 3.05) is 0 Å². The van der Waals surface area contributed by atoms with Gasteiger partial charge in [0.05, 0.1) is 6.07 Å². The molecule has 0 amide bonds. The molecule has 0 atom stereocenters. The molecule has 0 saturated heterocycles. The minimum atomic E-state index is -0.579. The Kier molecular flexibility index (Phi) is 4.09. The first-order valence-corrected chi connectivity index (χ1v) is 2.65. The van der Waals surface area contributed by atoms with Crippen molar-refractivity contribution in [3.05, 3.63) is 24.8 Å². The predicted molar refractivity (Wildman–Crippen MR) is 36.0 cm³/mol. The van der Waals surface area contributed by atoms with Crippen LogP contribution < -0.4 is 0 Å². The van der Waals surface area contributed by atoms with Gasteiger partial charge in [-0.1, -0.05) is 6.58 Å². The van der Waals surface area contributed by atoms with E-state index in [-0.39, 0.29) is 0 Å². The zero-order valence-electron chi connectivity index (χ0n) is 5.61. The molecular formula is C7H5NO3. The van der Waals surface area contributed by atoms with Crippen LogP contribution in [0, 0.1) is 11.3 Å². The summed E-state index contributed by atoms with van der Waals surface area (Å²) in [6.45, 7) is 3.12. The highest BCUT2D eigenvalue weighted by atomic mass is 16.6. The molecule has 4 nitrogen and oxygen atoms in total. The van der Waals surface area contributed by atoms with E-state index in [1.54, 1.807) is 6.07 Å². The quantitative estimate of drug-likeness (QED) is 0.284. The number of cyclic esters (lactones) is 2. The van der Waals surface area contributed by atoms with E-state index in [4.69, 9.17) is 5.26 Å². The van der Waals surface area contributed by atoms with Crippen molar-refractivity contribution in [2.24, 2.45) is 0 Å². The molecule has 56 valence electrons. The lowest BCUT2D eigenvalue weighted by atomic mass is 10.6. The molecule has 1 aliphatic rings. The van der Waals surface area contributed by atoms with Crippen molar-refractivity contribution >= 4 is 11.9 Å². The zero-order valence-corrected chi connectivity index (χ0v) is 5.61. The number of hydrogen-bond acceptors (Lipinski definition) is 4. The molecule has 0 spiro atoms. The Hall–Kier alpha value is -1.89. The summed E-state index contributed by atoms with van der Waals surface area (Å²) in [5.41, 5.74) is 0. The lowest BCUT2D eigenvalue weighted by molar-refractivity contribution is -0.150. The summed E-state index contributed by atoms with van der Waals surface area (Å²) in [5.74, 6) is -1.16. The molecule has 0 aliphatic carbocycles. The van der Waals surface area contributed by atoms with Crippen LogP contribution in [0.5, 0.6) is 0 Å². The molecule has 0 aromatic heterocycles. The monoisotopic (exact) mass is 151 g/mol. The van der Waals surface area contributed by atoms with Crippen LogP contribution in [0.4, 0.5) is 0 Å². The minimum absolute atomic E-state index is 0.579. The fraction of sp³-hybridized carbons (Fsp3) is 0. The van der Waals surface area contributed by atoms with Crippen molar-refractivity contribution < 1.29 is 14.3 Å². The highest BCUT2D eigenvalue weighted by Crippen LogP contribution is 1.92. The van der Waals surface area contributed by atoms with E-state index in [9.17, 15) is 9.59 Å². The second-order valence-electron chi connectivity index (χ2n) is 1.41. The molecule has 0 bridgehead atoms. The van der Waals surface area contributed by atoms with E-state index in [1.165, 1.54) is 6.08 Å². The maximum atomic E-state index is 9.92. The number of hydrogen-bond donors (Lipinski definition) is 0. The van der Waals surface area contributed by atoms with E-state index >= 15 is 0 Å². The van der Waals surface area contributed by atoms with Gasteiger partial charge in [-0.2, -0.15) is 5.26 Å². The van der Waals surface area contributed by atoms with Crippen molar-refractivity contribution in [2.45, 2.75) is 0 Å². The molecule has 0 saturated carbocycles. The number of esters is 2. The Morgan fingerprint density at radius 3 is 1.91 bits per heavy atom. The first-order chi connectivity index (χ1) is 5.20. The van der Waals surface area contributed by atoms with E-state index in [0.29, 0.717) is 0 Å². The van der Waals surface area contributed by atoms with Crippen LogP contribution in [0.2, 0.25) is 0 Å². The Morgan fingerprint density at radius 2 is 1.82 bits per heavy atom. The Balaban J connectivity index is 0.000000218. The fourth-order valence-electron chi connectivity index (χ4n) is 0.303. The summed E-state index contributed by atoms with van der Waals surface area (Å²) < 4.78 is 3.97. The van der Waals surface area contributed by atoms with E-state index < -0.39 is 11.9 Å². The summed E-state index contributed by atoms with van der Waals surface area (Å²) in [4.78, 5) is 19.8. The molecule has 0 aromatic carbocycles. The van der Waals surface area contributed by atoms with Gasteiger partial charge >= 0.3 is 11.9 Å². The first-order valence-electron chi connectivity index (χ1n) is 2.65. The average molecular weight is 151 g/mol. The van der Waals surface area contributed by atoms with Crippen LogP contribution in [-0.2, 0) is 14.3 Å². The number of carbonyl (C=O) groups is 2. The SMILES string of the molecule is C=CC#N.O=C1C=CC(=O)O1. The predicted octanol–water partition coefficient (Wildman–Crippen LogP) is 0.322. The Bertz CT molecular complexity index is 231. The maximum Gasteiger partial charge on any atom is 0.338 e. The van der Waals surface area contributed by atoms with Gasteiger partial charge < -0.3 is 4.74 Å². The lowest BCUT2D eigenvalue weighted by Gasteiger charge is -1.80. The second kappa shape index (κ2) is 4.94. The number of nitriles is 1. The highest BCUT2D eigenvalue weighted by Gasteiger charge is 2.10. The second-order valence-corrected chi connectivity index (χ2v) is 1.41. The number of nitrogens with zero attached hydrogens (tertiary/aromatic N) is 1. The Morgan fingerprint density at radius 1 is 1.45 bits per heavy atom. The molecule has 1 rings (SSSR count). The van der Waals surface area contributed by atoms with Crippen LogP contribution in [0.3, 0.4) is 0 Å². The number of carbonyl (C=O) groups excluding carboxylic acids is 2. The third-order valence-electron chi connectivity index (χ3n) is 0.648. The van der Waals surface area contributed by atoms with Crippen molar-refractivity contribution in [3.63, 3.8) is 0 Å². The van der Waals surface area contributed by atoms with Gasteiger partial charge in [-0.15, -0.1) is 0 Å². The van der Waals surface area contributed by atoms with Crippen molar-refractivity contribution in [1.29, 1.82) is 5.26 Å². The standard InChI is InChI=1S/C4H2O3.C3H3N/c5-3-1-2-4(6)7-3;1-2-3-4/h1-2H;2H,1H2. The van der Waals surface area contributed by atoms with Crippen LogP contribution in [0.25, 0.3) is 0 Å². The molecule has 4 heteroatoms. The van der Waals surface area contributed by atoms with Gasteiger partial charge in [0.15, 0.2) is 0 Å². The number of rotatable bonds is 0. The summed E-state index contributed by atoms with van der Waals surface area (Å²) in [5, 5.41) is 7.51. The zero-order chi connectivity index (χ0) is 8.69. The van der Waals surface area contributed by atoms with Gasteiger partial charge in [-0.05, 0) is 0 Å². The van der Waals surface area contributed by atoms with Crippen molar-refractivity contribution in [3.8, 4) is 6.07 Å². The molecule has 1 heterocycles. The largest absolute Gasteiger partial charge is 0.387 e. The third kappa shape index (κ3) is 4.60. The molecular weight excluding hydrogens is 146 g/mol. The number of ether oxygens (including phenoxy) is 1. The maximum absolute atomic E-state index is 9.92. The molecule has 0 aromatic rings. The van der Waals surface area contributed by atoms with Gasteiger partial charge in [-0.25, -0.2) is 9.59 Å². The lowest BCUT2D eigenvalue weighted by Crippen LogP contribution is -1.96. The molecule has 1 aliphatic heterocycles. The van der Waals surface area contributed by atoms with Crippen LogP contribution in [0.1, 0.15) is 0 Å². The summed E-state index contributed by atoms with van der Waals surface area (Å²) in [6, 6.07) is 1.69. The third-order valence-corrected chi connectivity index (χ3v) is 0.648. The molecule has 0 N–H and O–H groups in total. The van der Waals surface area contributed by atoms with Crippen LogP contribution in [0.15, 0.2) is 24.8 Å². The van der Waals surface area contributed by atoms with E-state index in [2.05, 4.69) is 11.3 Å². The van der Waals surface area contributed by atoms with Gasteiger partial charge in [0.1, 0.15) is 0 Å². The summed E-state index contributed by atoms with van der Waals surface area (Å²) in [6.07, 6.45) is 3.35. The summed E-state index contributed by atoms with van der Waals surface area (Å²) in [7, 11) is 0. The van der Waals surface area contributed by atoms with Gasteiger partial charge in [0.2, 0.25) is 0 Å². The van der Waals surface area contributed by atoms with E-state index in [0.717, 1.165) is 12.2 Å². The van der Waals surface area contributed by atoms with Crippen LogP contribution >= 0.6 is 0 Å². The van der Waals surface area contributed by atoms with Gasteiger partial charge in [0.25, 0.3) is 0 Å². The summed E-state index contributed by atoms with van der Waals surface area (Å²) >= 11 is 0. The van der Waals surface area contributed by atoms with Crippen molar-refractivity contribution in [1.82, 2.24) is 0 Å². The molecule has 0 unspecified atom stereocenters. The fourth-order valence-corrected chi connectivity index (χ4v) is 0.303. The smallest absolute Gasteiger partial charge is 0.338 e. The number of allylic oxidation sites excluding steroid dienone is 1. The minimum Gasteiger partial charge on any atom is -0.387 e. The molecule has 11 heavy (non-hydrogen) atoms. The average Bonchev–Trinajstić information content (AvgIpc) is 2.35. The Labute approximate surface area is 63.4 Å².